The minimum Gasteiger partial charge on any atom is -0.328 e. The number of imidazole rings is 1. The fourth-order valence-electron chi connectivity index (χ4n) is 2.77. The van der Waals surface area contributed by atoms with Gasteiger partial charge >= 0.3 is 0 Å². The van der Waals surface area contributed by atoms with Crippen LogP contribution in [0.4, 0.5) is 0 Å². The molecule has 0 bridgehead atoms. The van der Waals surface area contributed by atoms with Crippen LogP contribution >= 0.6 is 27.5 Å². The minimum absolute atomic E-state index is 0.812. The summed E-state index contributed by atoms with van der Waals surface area (Å²) in [6.45, 7) is 2.91. The first-order valence-electron chi connectivity index (χ1n) is 6.64. The standard InChI is InChI=1S/C15H16BrClN2/c1-10-18-14-4-2-3-5-15(14)19(10)9-11-6-7-12(16)8-13(11)17/h6-8H,2-5,9H2,1H3. The van der Waals surface area contributed by atoms with Gasteiger partial charge in [-0.3, -0.25) is 0 Å². The van der Waals surface area contributed by atoms with Crippen molar-refractivity contribution in [2.24, 2.45) is 0 Å². The van der Waals surface area contributed by atoms with Gasteiger partial charge in [0, 0.05) is 15.2 Å². The molecule has 3 rings (SSSR count). The van der Waals surface area contributed by atoms with Crippen LogP contribution in [-0.4, -0.2) is 9.55 Å². The summed E-state index contributed by atoms with van der Waals surface area (Å²) >= 11 is 9.76. The lowest BCUT2D eigenvalue weighted by Gasteiger charge is -2.15. The van der Waals surface area contributed by atoms with E-state index in [1.54, 1.807) is 0 Å². The van der Waals surface area contributed by atoms with Crippen molar-refractivity contribution >= 4 is 27.5 Å². The lowest BCUT2D eigenvalue weighted by Crippen LogP contribution is -2.10. The number of nitrogens with zero attached hydrogens (tertiary/aromatic N) is 2. The molecule has 1 heterocycles. The van der Waals surface area contributed by atoms with Crippen LogP contribution in [0.3, 0.4) is 0 Å². The highest BCUT2D eigenvalue weighted by Crippen LogP contribution is 2.26. The Labute approximate surface area is 126 Å². The Hall–Kier alpha value is -0.800. The van der Waals surface area contributed by atoms with E-state index in [1.165, 1.54) is 24.2 Å². The van der Waals surface area contributed by atoms with Crippen molar-refractivity contribution < 1.29 is 0 Å². The summed E-state index contributed by atoms with van der Waals surface area (Å²) in [6.07, 6.45) is 4.80. The second-order valence-electron chi connectivity index (χ2n) is 5.08. The predicted octanol–water partition coefficient (Wildman–Crippen LogP) is 4.53. The maximum absolute atomic E-state index is 6.32. The van der Waals surface area contributed by atoms with Crippen LogP contribution in [0.5, 0.6) is 0 Å². The minimum atomic E-state index is 0.812. The molecule has 0 radical (unpaired) electrons. The Morgan fingerprint density at radius 1 is 1.32 bits per heavy atom. The van der Waals surface area contributed by atoms with Crippen molar-refractivity contribution in [3.8, 4) is 0 Å². The zero-order valence-electron chi connectivity index (χ0n) is 10.9. The third kappa shape index (κ3) is 2.59. The Morgan fingerprint density at radius 2 is 2.11 bits per heavy atom. The predicted molar refractivity (Wildman–Crippen MR) is 81.9 cm³/mol. The SMILES string of the molecule is Cc1nc2c(n1Cc1ccc(Br)cc1Cl)CCCC2. The normalized spacial score (nSPS) is 14.5. The third-order valence-corrected chi connectivity index (χ3v) is 4.61. The quantitative estimate of drug-likeness (QED) is 0.785. The average molecular weight is 340 g/mol. The van der Waals surface area contributed by atoms with Crippen LogP contribution in [0, 0.1) is 6.92 Å². The third-order valence-electron chi connectivity index (χ3n) is 3.77. The van der Waals surface area contributed by atoms with Gasteiger partial charge in [-0.05, 0) is 50.3 Å². The number of rotatable bonds is 2. The molecule has 0 saturated heterocycles. The van der Waals surface area contributed by atoms with Gasteiger partial charge in [0.05, 0.1) is 12.2 Å². The lowest BCUT2D eigenvalue weighted by molar-refractivity contribution is 0.624. The summed E-state index contributed by atoms with van der Waals surface area (Å²) in [5.74, 6) is 1.10. The maximum Gasteiger partial charge on any atom is 0.106 e. The van der Waals surface area contributed by atoms with Crippen LogP contribution in [0.15, 0.2) is 22.7 Å². The van der Waals surface area contributed by atoms with Crippen molar-refractivity contribution in [2.45, 2.75) is 39.2 Å². The molecule has 0 N–H and O–H groups in total. The van der Waals surface area contributed by atoms with Crippen molar-refractivity contribution in [3.05, 3.63) is 50.5 Å². The fourth-order valence-corrected chi connectivity index (χ4v) is 3.50. The number of aryl methyl sites for hydroxylation is 2. The van der Waals surface area contributed by atoms with E-state index in [0.29, 0.717) is 0 Å². The highest BCUT2D eigenvalue weighted by atomic mass is 79.9. The summed E-state index contributed by atoms with van der Waals surface area (Å²) < 4.78 is 3.34. The van der Waals surface area contributed by atoms with Crippen molar-refractivity contribution in [2.75, 3.05) is 0 Å². The van der Waals surface area contributed by atoms with Crippen molar-refractivity contribution in [3.63, 3.8) is 0 Å². The molecule has 0 atom stereocenters. The summed E-state index contributed by atoms with van der Waals surface area (Å²) in [6, 6.07) is 6.08. The Bertz CT molecular complexity index is 619. The van der Waals surface area contributed by atoms with Crippen LogP contribution in [0.2, 0.25) is 5.02 Å². The first kappa shape index (κ1) is 13.2. The molecule has 0 saturated carbocycles. The molecule has 1 aromatic carbocycles. The van der Waals surface area contributed by atoms with Gasteiger partial charge in [-0.2, -0.15) is 0 Å². The van der Waals surface area contributed by atoms with Crippen LogP contribution in [0.1, 0.15) is 35.6 Å². The first-order chi connectivity index (χ1) is 9.15. The van der Waals surface area contributed by atoms with Gasteiger partial charge in [0.15, 0.2) is 0 Å². The summed E-state index contributed by atoms with van der Waals surface area (Å²) in [7, 11) is 0. The summed E-state index contributed by atoms with van der Waals surface area (Å²) in [4.78, 5) is 4.71. The topological polar surface area (TPSA) is 17.8 Å². The molecule has 1 aliphatic rings. The number of fused-ring (bicyclic) bond motifs is 1. The first-order valence-corrected chi connectivity index (χ1v) is 7.81. The molecule has 0 aliphatic heterocycles. The molecule has 2 aromatic rings. The van der Waals surface area contributed by atoms with Crippen molar-refractivity contribution in [1.82, 2.24) is 9.55 Å². The van der Waals surface area contributed by atoms with E-state index >= 15 is 0 Å². The molecule has 4 heteroatoms. The summed E-state index contributed by atoms with van der Waals surface area (Å²) in [5.41, 5.74) is 3.85. The molecule has 0 spiro atoms. The van der Waals surface area contributed by atoms with Gasteiger partial charge in [0.1, 0.15) is 5.82 Å². The van der Waals surface area contributed by atoms with Gasteiger partial charge in [-0.15, -0.1) is 0 Å². The molecular weight excluding hydrogens is 324 g/mol. The average Bonchev–Trinajstić information content (AvgIpc) is 2.69. The van der Waals surface area contributed by atoms with Crippen LogP contribution < -0.4 is 0 Å². The second-order valence-corrected chi connectivity index (χ2v) is 6.40. The number of hydrogen-bond donors (Lipinski definition) is 0. The maximum atomic E-state index is 6.32. The van der Waals surface area contributed by atoms with E-state index in [-0.39, 0.29) is 0 Å². The highest BCUT2D eigenvalue weighted by Gasteiger charge is 2.18. The molecule has 19 heavy (non-hydrogen) atoms. The largest absolute Gasteiger partial charge is 0.328 e. The zero-order valence-corrected chi connectivity index (χ0v) is 13.3. The zero-order chi connectivity index (χ0) is 13.4. The molecule has 0 fully saturated rings. The van der Waals surface area contributed by atoms with Gasteiger partial charge in [0.25, 0.3) is 0 Å². The number of hydrogen-bond acceptors (Lipinski definition) is 1. The molecule has 0 amide bonds. The van der Waals surface area contributed by atoms with E-state index in [1.807, 2.05) is 12.1 Å². The van der Waals surface area contributed by atoms with Gasteiger partial charge in [0.2, 0.25) is 0 Å². The van der Waals surface area contributed by atoms with E-state index in [9.17, 15) is 0 Å². The smallest absolute Gasteiger partial charge is 0.106 e. The highest BCUT2D eigenvalue weighted by molar-refractivity contribution is 9.10. The Kier molecular flexibility index (Phi) is 3.68. The van der Waals surface area contributed by atoms with Gasteiger partial charge in [-0.1, -0.05) is 33.6 Å². The van der Waals surface area contributed by atoms with Gasteiger partial charge < -0.3 is 4.57 Å². The van der Waals surface area contributed by atoms with Gasteiger partial charge in [-0.25, -0.2) is 4.98 Å². The van der Waals surface area contributed by atoms with E-state index < -0.39 is 0 Å². The molecule has 100 valence electrons. The van der Waals surface area contributed by atoms with Crippen molar-refractivity contribution in [1.29, 1.82) is 0 Å². The van der Waals surface area contributed by atoms with E-state index in [0.717, 1.165) is 40.3 Å². The fraction of sp³-hybridized carbons (Fsp3) is 0.400. The number of aromatic nitrogens is 2. The lowest BCUT2D eigenvalue weighted by atomic mass is 10.0. The molecule has 0 unspecified atom stereocenters. The van der Waals surface area contributed by atoms with E-state index in [2.05, 4.69) is 33.5 Å². The molecule has 1 aliphatic carbocycles. The molecule has 1 aromatic heterocycles. The summed E-state index contributed by atoms with van der Waals surface area (Å²) in [5, 5.41) is 0.812. The van der Waals surface area contributed by atoms with E-state index in [4.69, 9.17) is 16.6 Å². The Balaban J connectivity index is 1.97. The molecule has 2 nitrogen and oxygen atoms in total. The van der Waals surface area contributed by atoms with Crippen LogP contribution in [0.25, 0.3) is 0 Å². The Morgan fingerprint density at radius 3 is 2.89 bits per heavy atom. The number of halogens is 2. The number of benzene rings is 1. The molecular formula is C15H16BrClN2. The second kappa shape index (κ2) is 5.29. The monoisotopic (exact) mass is 338 g/mol. The van der Waals surface area contributed by atoms with Crippen LogP contribution in [-0.2, 0) is 19.4 Å².